The minimum Gasteiger partial charge on any atom is -0.465 e. The predicted octanol–water partition coefficient (Wildman–Crippen LogP) is 1.50. The average Bonchev–Trinajstić information content (AvgIpc) is 2.89. The van der Waals surface area contributed by atoms with Gasteiger partial charge in [-0.3, -0.25) is 9.59 Å². The smallest absolute Gasteiger partial charge is 0.321 e. The first kappa shape index (κ1) is 11.2. The van der Waals surface area contributed by atoms with Crippen molar-refractivity contribution in [3.8, 4) is 0 Å². The molecule has 1 atom stereocenters. The Hall–Kier alpha value is -1.91. The lowest BCUT2D eigenvalue weighted by Gasteiger charge is -2.19. The number of esters is 1. The number of anilines is 1. The standard InChI is InChI=1S/C13H12FNO3/c14-9-1-3-10(4-2-9)15-7-5-13(11(15)16)6-8-18-12(13)17/h1-4H,5-8H2. The van der Waals surface area contributed by atoms with Crippen LogP contribution < -0.4 is 4.90 Å². The average molecular weight is 249 g/mol. The van der Waals surface area contributed by atoms with Crippen LogP contribution in [-0.2, 0) is 14.3 Å². The number of nitrogens with zero attached hydrogens (tertiary/aromatic N) is 1. The van der Waals surface area contributed by atoms with Gasteiger partial charge in [0.15, 0.2) is 5.41 Å². The Morgan fingerprint density at radius 1 is 1.17 bits per heavy atom. The number of benzene rings is 1. The number of cyclic esters (lactones) is 1. The number of rotatable bonds is 1. The molecule has 2 heterocycles. The van der Waals surface area contributed by atoms with Crippen molar-refractivity contribution >= 4 is 17.6 Å². The van der Waals surface area contributed by atoms with Gasteiger partial charge in [-0.2, -0.15) is 0 Å². The SMILES string of the molecule is O=C1OCCC12CCN(c1ccc(F)cc1)C2=O. The van der Waals surface area contributed by atoms with Gasteiger partial charge in [-0.15, -0.1) is 0 Å². The van der Waals surface area contributed by atoms with Gasteiger partial charge in [0.25, 0.3) is 0 Å². The molecular weight excluding hydrogens is 237 g/mol. The van der Waals surface area contributed by atoms with Crippen molar-refractivity contribution < 1.29 is 18.7 Å². The molecule has 0 radical (unpaired) electrons. The second-order valence-corrected chi connectivity index (χ2v) is 4.65. The molecule has 1 spiro atoms. The molecule has 0 aliphatic carbocycles. The molecule has 4 nitrogen and oxygen atoms in total. The van der Waals surface area contributed by atoms with Crippen molar-refractivity contribution in [2.45, 2.75) is 12.8 Å². The predicted molar refractivity (Wildman–Crippen MR) is 61.4 cm³/mol. The highest BCUT2D eigenvalue weighted by molar-refractivity contribution is 6.12. The zero-order valence-electron chi connectivity index (χ0n) is 9.69. The lowest BCUT2D eigenvalue weighted by Crippen LogP contribution is -2.37. The van der Waals surface area contributed by atoms with E-state index >= 15 is 0 Å². The summed E-state index contributed by atoms with van der Waals surface area (Å²) in [5.41, 5.74) is -0.369. The molecule has 1 aromatic carbocycles. The molecule has 2 saturated heterocycles. The third-order valence-corrected chi connectivity index (χ3v) is 3.71. The summed E-state index contributed by atoms with van der Waals surface area (Å²) in [4.78, 5) is 25.6. The molecule has 2 fully saturated rings. The quantitative estimate of drug-likeness (QED) is 0.559. The van der Waals surface area contributed by atoms with Gasteiger partial charge >= 0.3 is 5.97 Å². The van der Waals surface area contributed by atoms with Gasteiger partial charge in [0.2, 0.25) is 5.91 Å². The Morgan fingerprint density at radius 3 is 2.50 bits per heavy atom. The number of amides is 1. The van der Waals surface area contributed by atoms with E-state index in [9.17, 15) is 14.0 Å². The van der Waals surface area contributed by atoms with Gasteiger partial charge in [0.05, 0.1) is 6.61 Å². The summed E-state index contributed by atoms with van der Waals surface area (Å²) in [5, 5.41) is 0. The van der Waals surface area contributed by atoms with Crippen LogP contribution in [0.25, 0.3) is 0 Å². The molecule has 2 aliphatic heterocycles. The highest BCUT2D eigenvalue weighted by atomic mass is 19.1. The van der Waals surface area contributed by atoms with E-state index in [1.54, 1.807) is 12.1 Å². The highest BCUT2D eigenvalue weighted by Crippen LogP contribution is 2.42. The van der Waals surface area contributed by atoms with Crippen LogP contribution in [0.15, 0.2) is 24.3 Å². The maximum atomic E-state index is 12.8. The molecule has 5 heteroatoms. The number of carbonyl (C=O) groups is 2. The molecule has 0 N–H and O–H groups in total. The van der Waals surface area contributed by atoms with E-state index in [1.807, 2.05) is 0 Å². The Balaban J connectivity index is 1.91. The van der Waals surface area contributed by atoms with Gasteiger partial charge in [-0.05, 0) is 30.7 Å². The van der Waals surface area contributed by atoms with Crippen LogP contribution in [-0.4, -0.2) is 25.0 Å². The van der Waals surface area contributed by atoms with Gasteiger partial charge in [-0.25, -0.2) is 4.39 Å². The second kappa shape index (κ2) is 3.80. The van der Waals surface area contributed by atoms with Crippen molar-refractivity contribution in [3.05, 3.63) is 30.1 Å². The summed E-state index contributed by atoms with van der Waals surface area (Å²) < 4.78 is 17.8. The topological polar surface area (TPSA) is 46.6 Å². The van der Waals surface area contributed by atoms with Crippen molar-refractivity contribution in [2.24, 2.45) is 5.41 Å². The summed E-state index contributed by atoms with van der Waals surface area (Å²) in [7, 11) is 0. The van der Waals surface area contributed by atoms with E-state index in [0.29, 0.717) is 31.7 Å². The van der Waals surface area contributed by atoms with Crippen LogP contribution in [0.5, 0.6) is 0 Å². The third-order valence-electron chi connectivity index (χ3n) is 3.71. The summed E-state index contributed by atoms with van der Waals surface area (Å²) in [6.45, 7) is 0.779. The fourth-order valence-corrected chi connectivity index (χ4v) is 2.62. The number of ether oxygens (including phenoxy) is 1. The second-order valence-electron chi connectivity index (χ2n) is 4.65. The van der Waals surface area contributed by atoms with E-state index in [0.717, 1.165) is 0 Å². The Kier molecular flexibility index (Phi) is 2.36. The first-order valence-electron chi connectivity index (χ1n) is 5.88. The van der Waals surface area contributed by atoms with Crippen molar-refractivity contribution in [1.82, 2.24) is 0 Å². The number of hydrogen-bond donors (Lipinski definition) is 0. The van der Waals surface area contributed by atoms with Crippen LogP contribution in [0.2, 0.25) is 0 Å². The maximum absolute atomic E-state index is 12.8. The lowest BCUT2D eigenvalue weighted by molar-refractivity contribution is -0.149. The van der Waals surface area contributed by atoms with Gasteiger partial charge < -0.3 is 9.64 Å². The van der Waals surface area contributed by atoms with Crippen molar-refractivity contribution in [1.29, 1.82) is 0 Å². The first-order valence-corrected chi connectivity index (χ1v) is 5.88. The van der Waals surface area contributed by atoms with E-state index in [4.69, 9.17) is 4.74 Å². The summed E-state index contributed by atoms with van der Waals surface area (Å²) in [5.74, 6) is -0.992. The Bertz CT molecular complexity index is 513. The normalized spacial score (nSPS) is 27.1. The molecule has 0 aromatic heterocycles. The molecule has 0 bridgehead atoms. The van der Waals surface area contributed by atoms with E-state index in [1.165, 1.54) is 17.0 Å². The Labute approximate surface area is 103 Å². The third kappa shape index (κ3) is 1.43. The van der Waals surface area contributed by atoms with E-state index in [-0.39, 0.29) is 11.7 Å². The Morgan fingerprint density at radius 2 is 1.89 bits per heavy atom. The molecule has 1 amide bonds. The largest absolute Gasteiger partial charge is 0.465 e. The van der Waals surface area contributed by atoms with E-state index < -0.39 is 11.4 Å². The fraction of sp³-hybridized carbons (Fsp3) is 0.385. The molecule has 94 valence electrons. The number of hydrogen-bond acceptors (Lipinski definition) is 3. The lowest BCUT2D eigenvalue weighted by atomic mass is 9.85. The summed E-state index contributed by atoms with van der Waals surface area (Å²) >= 11 is 0. The molecule has 2 aliphatic rings. The minimum absolute atomic E-state index is 0.225. The summed E-state index contributed by atoms with van der Waals surface area (Å²) in [6.07, 6.45) is 0.921. The highest BCUT2D eigenvalue weighted by Gasteiger charge is 2.56. The van der Waals surface area contributed by atoms with E-state index in [2.05, 4.69) is 0 Å². The maximum Gasteiger partial charge on any atom is 0.321 e. The molecule has 18 heavy (non-hydrogen) atoms. The van der Waals surface area contributed by atoms with Crippen LogP contribution in [0.3, 0.4) is 0 Å². The van der Waals surface area contributed by atoms with Crippen molar-refractivity contribution in [3.63, 3.8) is 0 Å². The van der Waals surface area contributed by atoms with Gasteiger partial charge in [0, 0.05) is 18.7 Å². The zero-order valence-corrected chi connectivity index (χ0v) is 9.69. The van der Waals surface area contributed by atoms with Crippen LogP contribution in [0.1, 0.15) is 12.8 Å². The fourth-order valence-electron chi connectivity index (χ4n) is 2.62. The zero-order chi connectivity index (χ0) is 12.8. The molecule has 1 unspecified atom stereocenters. The van der Waals surface area contributed by atoms with Crippen LogP contribution >= 0.6 is 0 Å². The minimum atomic E-state index is -0.992. The monoisotopic (exact) mass is 249 g/mol. The molecular formula is C13H12FNO3. The molecule has 3 rings (SSSR count). The molecule has 0 saturated carbocycles. The molecule has 1 aromatic rings. The van der Waals surface area contributed by atoms with Gasteiger partial charge in [-0.1, -0.05) is 0 Å². The number of halogens is 1. The summed E-state index contributed by atoms with van der Waals surface area (Å²) in [6, 6.07) is 5.71. The van der Waals surface area contributed by atoms with Crippen molar-refractivity contribution in [2.75, 3.05) is 18.1 Å². The number of carbonyl (C=O) groups excluding carboxylic acids is 2. The van der Waals surface area contributed by atoms with Gasteiger partial charge in [0.1, 0.15) is 5.82 Å². The van der Waals surface area contributed by atoms with Crippen LogP contribution in [0, 0.1) is 11.2 Å². The first-order chi connectivity index (χ1) is 8.63. The van der Waals surface area contributed by atoms with Crippen LogP contribution in [0.4, 0.5) is 10.1 Å².